The first-order chi connectivity index (χ1) is 14.2. The molecule has 1 aliphatic rings. The van der Waals surface area contributed by atoms with Gasteiger partial charge in [-0.3, -0.25) is 14.6 Å². The Balaban J connectivity index is 1.55. The minimum absolute atomic E-state index is 0.197. The zero-order chi connectivity index (χ0) is 20.2. The third-order valence-corrected chi connectivity index (χ3v) is 5.13. The summed E-state index contributed by atoms with van der Waals surface area (Å²) >= 11 is 1.03. The summed E-state index contributed by atoms with van der Waals surface area (Å²) in [5, 5.41) is 5.66. The van der Waals surface area contributed by atoms with Crippen LogP contribution < -0.4 is 20.1 Å². The maximum atomic E-state index is 12.8. The lowest BCUT2D eigenvalue weighted by Crippen LogP contribution is -2.23. The fourth-order valence-electron chi connectivity index (χ4n) is 2.78. The molecule has 1 aromatic carbocycles. The Labute approximate surface area is 171 Å². The van der Waals surface area contributed by atoms with Crippen LogP contribution in [-0.2, 0) is 11.3 Å². The van der Waals surface area contributed by atoms with Crippen LogP contribution in [0, 0.1) is 0 Å². The van der Waals surface area contributed by atoms with E-state index in [1.54, 1.807) is 25.3 Å². The lowest BCUT2D eigenvalue weighted by atomic mass is 10.2. The summed E-state index contributed by atoms with van der Waals surface area (Å²) in [4.78, 5) is 29.4. The number of ether oxygens (including phenoxy) is 2. The average Bonchev–Trinajstić information content (AvgIpc) is 3.39. The predicted molar refractivity (Wildman–Crippen MR) is 108 cm³/mol. The van der Waals surface area contributed by atoms with E-state index in [1.807, 2.05) is 24.3 Å². The van der Waals surface area contributed by atoms with E-state index in [2.05, 4.69) is 20.0 Å². The monoisotopic (exact) mass is 410 g/mol. The van der Waals surface area contributed by atoms with Crippen molar-refractivity contribution >= 4 is 29.0 Å². The van der Waals surface area contributed by atoms with Gasteiger partial charge >= 0.3 is 0 Å². The summed E-state index contributed by atoms with van der Waals surface area (Å²) in [5.74, 6) is 0.816. The second kappa shape index (κ2) is 8.27. The van der Waals surface area contributed by atoms with Crippen LogP contribution in [0.2, 0.25) is 0 Å². The molecule has 0 radical (unpaired) electrons. The summed E-state index contributed by atoms with van der Waals surface area (Å²) in [6.45, 7) is 2.24. The molecule has 0 fully saturated rings. The standard InChI is InChI=1S/C20H18N4O4S/c1-2-16(25)23-18-17(13-5-3-4-8-21-13)24-29-19(18)20(26)22-10-12-6-7-14-15(9-12)28-11-27-14/h3-9H,2,10-11H2,1H3,(H,22,26)(H,23,25). The Morgan fingerprint density at radius 1 is 1.17 bits per heavy atom. The molecule has 2 aromatic heterocycles. The molecule has 9 heteroatoms. The van der Waals surface area contributed by atoms with E-state index in [1.165, 1.54) is 0 Å². The molecule has 1 aliphatic heterocycles. The van der Waals surface area contributed by atoms with Crippen LogP contribution in [0.15, 0.2) is 42.6 Å². The number of hydrogen-bond acceptors (Lipinski definition) is 7. The number of rotatable bonds is 6. The van der Waals surface area contributed by atoms with Gasteiger partial charge in [0, 0.05) is 19.2 Å². The average molecular weight is 410 g/mol. The lowest BCUT2D eigenvalue weighted by molar-refractivity contribution is -0.115. The van der Waals surface area contributed by atoms with Gasteiger partial charge in [0.2, 0.25) is 12.7 Å². The molecule has 0 atom stereocenters. The lowest BCUT2D eigenvalue weighted by Gasteiger charge is -2.09. The fourth-order valence-corrected chi connectivity index (χ4v) is 3.54. The topological polar surface area (TPSA) is 102 Å². The Hall–Kier alpha value is -3.46. The number of nitrogens with zero attached hydrogens (tertiary/aromatic N) is 2. The highest BCUT2D eigenvalue weighted by Crippen LogP contribution is 2.34. The van der Waals surface area contributed by atoms with Gasteiger partial charge in [-0.15, -0.1) is 0 Å². The first kappa shape index (κ1) is 18.9. The van der Waals surface area contributed by atoms with Gasteiger partial charge in [-0.1, -0.05) is 19.1 Å². The number of anilines is 1. The molecule has 0 saturated heterocycles. The minimum atomic E-state index is -0.325. The zero-order valence-corrected chi connectivity index (χ0v) is 16.4. The third kappa shape index (κ3) is 4.04. The van der Waals surface area contributed by atoms with Gasteiger partial charge in [0.25, 0.3) is 5.91 Å². The maximum Gasteiger partial charge on any atom is 0.265 e. The third-order valence-electron chi connectivity index (χ3n) is 4.28. The molecule has 3 heterocycles. The van der Waals surface area contributed by atoms with Gasteiger partial charge in [-0.05, 0) is 41.4 Å². The molecule has 0 bridgehead atoms. The van der Waals surface area contributed by atoms with Gasteiger partial charge in [-0.25, -0.2) is 0 Å². The van der Waals surface area contributed by atoms with E-state index in [-0.39, 0.29) is 25.0 Å². The number of nitrogens with one attached hydrogen (secondary N) is 2. The molecule has 0 spiro atoms. The van der Waals surface area contributed by atoms with Crippen molar-refractivity contribution in [2.45, 2.75) is 19.9 Å². The highest BCUT2D eigenvalue weighted by molar-refractivity contribution is 7.09. The number of hydrogen-bond donors (Lipinski definition) is 2. The number of fused-ring (bicyclic) bond motifs is 1. The maximum absolute atomic E-state index is 12.8. The molecule has 0 aliphatic carbocycles. The first-order valence-corrected chi connectivity index (χ1v) is 9.80. The number of aromatic nitrogens is 2. The highest BCUT2D eigenvalue weighted by atomic mass is 32.1. The van der Waals surface area contributed by atoms with Gasteiger partial charge in [0.1, 0.15) is 10.6 Å². The van der Waals surface area contributed by atoms with Crippen LogP contribution in [0.25, 0.3) is 11.4 Å². The van der Waals surface area contributed by atoms with E-state index in [0.717, 1.165) is 17.1 Å². The highest BCUT2D eigenvalue weighted by Gasteiger charge is 2.23. The van der Waals surface area contributed by atoms with E-state index < -0.39 is 0 Å². The molecule has 0 saturated carbocycles. The van der Waals surface area contributed by atoms with Crippen molar-refractivity contribution in [1.29, 1.82) is 0 Å². The van der Waals surface area contributed by atoms with Crippen LogP contribution in [0.4, 0.5) is 5.69 Å². The molecule has 29 heavy (non-hydrogen) atoms. The van der Waals surface area contributed by atoms with Crippen LogP contribution in [0.1, 0.15) is 28.6 Å². The Kier molecular flexibility index (Phi) is 5.39. The van der Waals surface area contributed by atoms with E-state index >= 15 is 0 Å². The minimum Gasteiger partial charge on any atom is -0.454 e. The molecule has 2 amide bonds. The molecule has 4 rings (SSSR count). The molecular weight excluding hydrogens is 392 g/mol. The molecular formula is C20H18N4O4S. The summed E-state index contributed by atoms with van der Waals surface area (Å²) in [6.07, 6.45) is 1.93. The van der Waals surface area contributed by atoms with E-state index in [0.29, 0.717) is 40.0 Å². The first-order valence-electron chi connectivity index (χ1n) is 9.03. The zero-order valence-electron chi connectivity index (χ0n) is 15.6. The number of carbonyl (C=O) groups is 2. The van der Waals surface area contributed by atoms with Crippen molar-refractivity contribution in [2.24, 2.45) is 0 Å². The van der Waals surface area contributed by atoms with Crippen LogP contribution in [0.3, 0.4) is 0 Å². The summed E-state index contributed by atoms with van der Waals surface area (Å²) in [7, 11) is 0. The number of carbonyl (C=O) groups excluding carboxylic acids is 2. The fraction of sp³-hybridized carbons (Fsp3) is 0.200. The van der Waals surface area contributed by atoms with Crippen molar-refractivity contribution in [3.63, 3.8) is 0 Å². The largest absolute Gasteiger partial charge is 0.454 e. The molecule has 8 nitrogen and oxygen atoms in total. The predicted octanol–water partition coefficient (Wildman–Crippen LogP) is 3.21. The summed E-state index contributed by atoms with van der Waals surface area (Å²) in [5.41, 5.74) is 2.32. The quantitative estimate of drug-likeness (QED) is 0.647. The van der Waals surface area contributed by atoms with Crippen molar-refractivity contribution in [2.75, 3.05) is 12.1 Å². The van der Waals surface area contributed by atoms with Crippen molar-refractivity contribution in [1.82, 2.24) is 14.7 Å². The summed E-state index contributed by atoms with van der Waals surface area (Å²) in [6, 6.07) is 10.9. The van der Waals surface area contributed by atoms with E-state index in [4.69, 9.17) is 9.47 Å². The second-order valence-electron chi connectivity index (χ2n) is 6.22. The SMILES string of the molecule is CCC(=O)Nc1c(-c2ccccn2)nsc1C(=O)NCc1ccc2c(c1)OCO2. The van der Waals surface area contributed by atoms with Crippen LogP contribution in [0.5, 0.6) is 11.5 Å². The second-order valence-corrected chi connectivity index (χ2v) is 7.00. The van der Waals surface area contributed by atoms with Crippen molar-refractivity contribution in [3.05, 3.63) is 53.0 Å². The number of benzene rings is 1. The van der Waals surface area contributed by atoms with Gasteiger partial charge in [-0.2, -0.15) is 4.37 Å². The number of amides is 2. The normalized spacial score (nSPS) is 11.9. The van der Waals surface area contributed by atoms with Gasteiger partial charge in [0.05, 0.1) is 11.4 Å². The smallest absolute Gasteiger partial charge is 0.265 e. The van der Waals surface area contributed by atoms with Gasteiger partial charge in [0.15, 0.2) is 11.5 Å². The molecule has 148 valence electrons. The van der Waals surface area contributed by atoms with Gasteiger partial charge < -0.3 is 20.1 Å². The molecule has 3 aromatic rings. The Morgan fingerprint density at radius 2 is 2.03 bits per heavy atom. The summed E-state index contributed by atoms with van der Waals surface area (Å²) < 4.78 is 15.0. The van der Waals surface area contributed by atoms with Crippen LogP contribution in [-0.4, -0.2) is 28.0 Å². The van der Waals surface area contributed by atoms with E-state index in [9.17, 15) is 9.59 Å². The van der Waals surface area contributed by atoms with Crippen LogP contribution >= 0.6 is 11.5 Å². The molecule has 2 N–H and O–H groups in total. The Bertz CT molecular complexity index is 1050. The number of pyridine rings is 1. The Morgan fingerprint density at radius 3 is 2.83 bits per heavy atom. The van der Waals surface area contributed by atoms with Crippen molar-refractivity contribution in [3.8, 4) is 22.9 Å². The van der Waals surface area contributed by atoms with Crippen molar-refractivity contribution < 1.29 is 19.1 Å². The molecule has 0 unspecified atom stereocenters.